The van der Waals surface area contributed by atoms with Crippen LogP contribution in [0.1, 0.15) is 82.4 Å². The fourth-order valence-corrected chi connectivity index (χ4v) is 4.19. The molecule has 1 aromatic heterocycles. The highest BCUT2D eigenvalue weighted by Gasteiger charge is 2.38. The minimum absolute atomic E-state index is 0.375. The number of aromatic nitrogens is 2. The van der Waals surface area contributed by atoms with Crippen LogP contribution in [0.15, 0.2) is 0 Å². The molecule has 100 valence electrons. The van der Waals surface area contributed by atoms with Gasteiger partial charge in [0.05, 0.1) is 5.69 Å². The zero-order chi connectivity index (χ0) is 12.8. The number of hydrogen-bond acceptors (Lipinski definition) is 1. The molecule has 18 heavy (non-hydrogen) atoms. The second-order valence-electron chi connectivity index (χ2n) is 6.74. The summed E-state index contributed by atoms with van der Waals surface area (Å²) in [4.78, 5) is 8.75. The van der Waals surface area contributed by atoms with Crippen molar-refractivity contribution in [2.45, 2.75) is 77.0 Å². The van der Waals surface area contributed by atoms with Crippen molar-refractivity contribution in [3.8, 4) is 0 Å². The van der Waals surface area contributed by atoms with E-state index in [9.17, 15) is 0 Å². The van der Waals surface area contributed by atoms with E-state index in [1.54, 1.807) is 0 Å². The second kappa shape index (κ2) is 4.40. The van der Waals surface area contributed by atoms with Gasteiger partial charge in [0.25, 0.3) is 0 Å². The summed E-state index contributed by atoms with van der Waals surface area (Å²) in [5.74, 6) is 2.76. The molecule has 0 amide bonds. The lowest BCUT2D eigenvalue weighted by atomic mass is 9.82. The van der Waals surface area contributed by atoms with E-state index < -0.39 is 0 Å². The molecule has 2 unspecified atom stereocenters. The van der Waals surface area contributed by atoms with Gasteiger partial charge in [-0.1, -0.05) is 33.6 Å². The number of fused-ring (bicyclic) bond motifs is 1. The molecule has 1 heterocycles. The van der Waals surface area contributed by atoms with Gasteiger partial charge in [-0.25, -0.2) is 4.98 Å². The van der Waals surface area contributed by atoms with Gasteiger partial charge in [0.15, 0.2) is 0 Å². The van der Waals surface area contributed by atoms with Crippen molar-refractivity contribution in [1.29, 1.82) is 0 Å². The van der Waals surface area contributed by atoms with E-state index in [-0.39, 0.29) is 0 Å². The number of aromatic amines is 1. The smallest absolute Gasteiger partial charge is 0.112 e. The predicted octanol–water partition coefficient (Wildman–Crippen LogP) is 4.32. The Balaban J connectivity index is 1.97. The molecule has 2 aliphatic carbocycles. The minimum atomic E-state index is 0.375. The van der Waals surface area contributed by atoms with Crippen LogP contribution in [0.2, 0.25) is 0 Å². The van der Waals surface area contributed by atoms with Crippen LogP contribution in [0.4, 0.5) is 0 Å². The lowest BCUT2D eigenvalue weighted by Gasteiger charge is -2.24. The molecule has 0 spiro atoms. The first-order valence-electron chi connectivity index (χ1n) is 7.74. The fraction of sp³-hybridized carbons (Fsp3) is 0.812. The number of imidazole rings is 1. The molecule has 2 heteroatoms. The summed E-state index contributed by atoms with van der Waals surface area (Å²) in [6.45, 7) is 7.04. The first-order valence-corrected chi connectivity index (χ1v) is 7.74. The maximum absolute atomic E-state index is 5.04. The topological polar surface area (TPSA) is 28.7 Å². The van der Waals surface area contributed by atoms with Gasteiger partial charge in [-0.2, -0.15) is 0 Å². The molecule has 1 N–H and O–H groups in total. The highest BCUT2D eigenvalue weighted by molar-refractivity contribution is 5.26. The first kappa shape index (κ1) is 12.3. The van der Waals surface area contributed by atoms with Gasteiger partial charge in [-0.05, 0) is 38.0 Å². The van der Waals surface area contributed by atoms with Gasteiger partial charge in [-0.3, -0.25) is 0 Å². The normalized spacial score (nSPS) is 30.4. The first-order chi connectivity index (χ1) is 8.64. The Morgan fingerprint density at radius 3 is 2.67 bits per heavy atom. The van der Waals surface area contributed by atoms with Crippen LogP contribution in [0, 0.1) is 5.92 Å². The number of nitrogens with zero attached hydrogens (tertiary/aromatic N) is 1. The summed E-state index contributed by atoms with van der Waals surface area (Å²) >= 11 is 0. The maximum Gasteiger partial charge on any atom is 0.112 e. The zero-order valence-electron chi connectivity index (χ0n) is 12.1. The molecule has 1 fully saturated rings. The van der Waals surface area contributed by atoms with Crippen molar-refractivity contribution in [2.24, 2.45) is 5.92 Å². The van der Waals surface area contributed by atoms with E-state index in [4.69, 9.17) is 4.98 Å². The Morgan fingerprint density at radius 1 is 1.28 bits per heavy atom. The van der Waals surface area contributed by atoms with Crippen LogP contribution in [-0.2, 0) is 11.8 Å². The molecule has 3 rings (SSSR count). The molecule has 0 bridgehead atoms. The van der Waals surface area contributed by atoms with Crippen molar-refractivity contribution in [1.82, 2.24) is 9.97 Å². The van der Waals surface area contributed by atoms with E-state index >= 15 is 0 Å². The maximum atomic E-state index is 5.04. The van der Waals surface area contributed by atoms with Crippen LogP contribution in [0.5, 0.6) is 0 Å². The van der Waals surface area contributed by atoms with Gasteiger partial charge in [0, 0.05) is 17.0 Å². The SMILES string of the molecule is CCC1(c2nc3c([nH]2)CC(C)CC3C)CCCC1. The average molecular weight is 246 g/mol. The van der Waals surface area contributed by atoms with Crippen LogP contribution < -0.4 is 0 Å². The molecule has 0 radical (unpaired) electrons. The van der Waals surface area contributed by atoms with Gasteiger partial charge >= 0.3 is 0 Å². The van der Waals surface area contributed by atoms with Crippen LogP contribution in [0.25, 0.3) is 0 Å². The summed E-state index contributed by atoms with van der Waals surface area (Å²) in [6.07, 6.45) is 9.17. The quantitative estimate of drug-likeness (QED) is 0.827. The molecule has 2 nitrogen and oxygen atoms in total. The van der Waals surface area contributed by atoms with Crippen LogP contribution >= 0.6 is 0 Å². The van der Waals surface area contributed by atoms with Crippen LogP contribution in [0.3, 0.4) is 0 Å². The molecule has 0 aromatic carbocycles. The number of rotatable bonds is 2. The highest BCUT2D eigenvalue weighted by atomic mass is 15.0. The Morgan fingerprint density at radius 2 is 2.00 bits per heavy atom. The lowest BCUT2D eigenvalue weighted by Crippen LogP contribution is -2.22. The minimum Gasteiger partial charge on any atom is -0.345 e. The summed E-state index contributed by atoms with van der Waals surface area (Å²) in [6, 6.07) is 0. The Hall–Kier alpha value is -0.790. The molecule has 2 atom stereocenters. The molecular weight excluding hydrogens is 220 g/mol. The Labute approximate surface area is 111 Å². The molecule has 0 saturated heterocycles. The molecule has 2 aliphatic rings. The van der Waals surface area contributed by atoms with E-state index in [1.165, 1.54) is 62.2 Å². The van der Waals surface area contributed by atoms with Gasteiger partial charge in [0.1, 0.15) is 5.82 Å². The van der Waals surface area contributed by atoms with Crippen molar-refractivity contribution < 1.29 is 0 Å². The molecular formula is C16H26N2. The third-order valence-electron chi connectivity index (χ3n) is 5.33. The lowest BCUT2D eigenvalue weighted by molar-refractivity contribution is 0.401. The van der Waals surface area contributed by atoms with E-state index in [2.05, 4.69) is 25.8 Å². The van der Waals surface area contributed by atoms with E-state index in [0.29, 0.717) is 11.3 Å². The van der Waals surface area contributed by atoms with Crippen molar-refractivity contribution >= 4 is 0 Å². The second-order valence-corrected chi connectivity index (χ2v) is 6.74. The third kappa shape index (κ3) is 1.81. The van der Waals surface area contributed by atoms with Gasteiger partial charge < -0.3 is 4.98 Å². The van der Waals surface area contributed by atoms with Crippen molar-refractivity contribution in [3.05, 3.63) is 17.2 Å². The van der Waals surface area contributed by atoms with Gasteiger partial charge in [-0.15, -0.1) is 0 Å². The fourth-order valence-electron chi connectivity index (χ4n) is 4.19. The average Bonchev–Trinajstić information content (AvgIpc) is 2.94. The Kier molecular flexibility index (Phi) is 2.99. The molecule has 1 aromatic rings. The predicted molar refractivity (Wildman–Crippen MR) is 74.9 cm³/mol. The van der Waals surface area contributed by atoms with E-state index in [0.717, 1.165) is 5.92 Å². The number of hydrogen-bond donors (Lipinski definition) is 1. The largest absolute Gasteiger partial charge is 0.345 e. The van der Waals surface area contributed by atoms with E-state index in [1.807, 2.05) is 0 Å². The van der Waals surface area contributed by atoms with Crippen LogP contribution in [-0.4, -0.2) is 9.97 Å². The summed E-state index contributed by atoms with van der Waals surface area (Å²) in [5.41, 5.74) is 3.19. The summed E-state index contributed by atoms with van der Waals surface area (Å²) in [5, 5.41) is 0. The summed E-state index contributed by atoms with van der Waals surface area (Å²) < 4.78 is 0. The van der Waals surface area contributed by atoms with Gasteiger partial charge in [0.2, 0.25) is 0 Å². The Bertz CT molecular complexity index is 426. The third-order valence-corrected chi connectivity index (χ3v) is 5.33. The molecule has 1 saturated carbocycles. The zero-order valence-corrected chi connectivity index (χ0v) is 12.1. The standard InChI is InChI=1S/C16H26N2/c1-4-16(7-5-6-8-16)15-17-13-10-11(2)9-12(3)14(13)18-15/h11-12H,4-10H2,1-3H3,(H,17,18). The summed E-state index contributed by atoms with van der Waals surface area (Å²) in [7, 11) is 0. The highest BCUT2D eigenvalue weighted by Crippen LogP contribution is 2.44. The number of H-pyrrole nitrogens is 1. The monoisotopic (exact) mass is 246 g/mol. The van der Waals surface area contributed by atoms with Crippen molar-refractivity contribution in [3.63, 3.8) is 0 Å². The van der Waals surface area contributed by atoms with Crippen molar-refractivity contribution in [2.75, 3.05) is 0 Å². The number of nitrogens with one attached hydrogen (secondary N) is 1. The molecule has 0 aliphatic heterocycles.